The van der Waals surface area contributed by atoms with E-state index in [1.165, 1.54) is 24.1 Å². The van der Waals surface area contributed by atoms with Crippen molar-refractivity contribution in [3.05, 3.63) is 22.8 Å². The number of allylic oxidation sites excluding steroid dienone is 1. The fourth-order valence-corrected chi connectivity index (χ4v) is 8.04. The Kier molecular flexibility index (Phi) is 2.42. The van der Waals surface area contributed by atoms with Crippen molar-refractivity contribution in [1.29, 1.82) is 0 Å². The number of aliphatic hydroxyl groups excluding tert-OH is 1. The molecule has 0 unspecified atom stereocenters. The third-order valence-electron chi connectivity index (χ3n) is 9.09. The summed E-state index contributed by atoms with van der Waals surface area (Å²) in [5, 5.41) is 10.6. The Balaban J connectivity index is 1.65. The Morgan fingerprint density at radius 2 is 2.17 bits per heavy atom. The lowest BCUT2D eigenvalue weighted by Gasteiger charge is -2.59. The van der Waals surface area contributed by atoms with E-state index in [2.05, 4.69) is 24.8 Å². The molecule has 4 aliphatic carbocycles. The van der Waals surface area contributed by atoms with Crippen molar-refractivity contribution in [1.82, 2.24) is 4.90 Å². The van der Waals surface area contributed by atoms with Crippen LogP contribution in [0, 0.1) is 28.6 Å². The Bertz CT molecular complexity index is 736. The first kappa shape index (κ1) is 14.3. The minimum atomic E-state index is -0.348. The molecule has 3 fully saturated rings. The molecule has 0 radical (unpaired) electrons. The second-order valence-electron chi connectivity index (χ2n) is 9.64. The molecule has 2 saturated heterocycles. The van der Waals surface area contributed by atoms with Crippen molar-refractivity contribution < 1.29 is 9.90 Å². The van der Waals surface area contributed by atoms with Gasteiger partial charge in [0.1, 0.15) is 5.78 Å². The van der Waals surface area contributed by atoms with Gasteiger partial charge in [0.25, 0.3) is 0 Å². The van der Waals surface area contributed by atoms with Crippen molar-refractivity contribution in [3.8, 4) is 0 Å². The number of carbonyl (C=O) groups excluding carboxylic acids is 1. The summed E-state index contributed by atoms with van der Waals surface area (Å²) < 4.78 is 0. The zero-order valence-electron chi connectivity index (χ0n) is 14.7. The Labute approximate surface area is 143 Å². The van der Waals surface area contributed by atoms with Crippen LogP contribution in [0.15, 0.2) is 22.8 Å². The Morgan fingerprint density at radius 3 is 3.00 bits per heavy atom. The third-order valence-corrected chi connectivity index (χ3v) is 9.09. The molecule has 0 aromatic rings. The lowest BCUT2D eigenvalue weighted by Crippen LogP contribution is -2.64. The van der Waals surface area contributed by atoms with E-state index in [1.807, 2.05) is 0 Å². The predicted octanol–water partition coefficient (Wildman–Crippen LogP) is 2.70. The van der Waals surface area contributed by atoms with Crippen LogP contribution in [0.3, 0.4) is 0 Å². The number of hydrogen-bond acceptors (Lipinski definition) is 3. The maximum absolute atomic E-state index is 14.0. The van der Waals surface area contributed by atoms with Gasteiger partial charge in [0.2, 0.25) is 0 Å². The largest absolute Gasteiger partial charge is 0.388 e. The van der Waals surface area contributed by atoms with Crippen LogP contribution in [0.25, 0.3) is 0 Å². The number of aliphatic hydroxyl groups is 1. The third kappa shape index (κ3) is 1.23. The number of piperidine rings is 1. The number of carbonyl (C=O) groups is 1. The molecule has 7 atom stereocenters. The van der Waals surface area contributed by atoms with Crippen LogP contribution in [0.4, 0.5) is 0 Å². The van der Waals surface area contributed by atoms with Gasteiger partial charge in [0, 0.05) is 30.5 Å². The number of Topliss-reactive ketones (excluding diaryl/α,β-unsaturated/α-hetero) is 1. The van der Waals surface area contributed by atoms with E-state index >= 15 is 0 Å². The van der Waals surface area contributed by atoms with Gasteiger partial charge in [-0.1, -0.05) is 25.5 Å². The smallest absolute Gasteiger partial charge is 0.147 e. The summed E-state index contributed by atoms with van der Waals surface area (Å²) in [6.45, 7) is 7.03. The summed E-state index contributed by atoms with van der Waals surface area (Å²) in [6, 6.07) is 0.568. The zero-order valence-corrected chi connectivity index (χ0v) is 14.7. The van der Waals surface area contributed by atoms with Gasteiger partial charge in [-0.2, -0.15) is 0 Å². The molecular formula is C21H27NO2. The summed E-state index contributed by atoms with van der Waals surface area (Å²) in [7, 11) is 0. The highest BCUT2D eigenvalue weighted by atomic mass is 16.3. The van der Waals surface area contributed by atoms with E-state index in [9.17, 15) is 9.90 Å². The van der Waals surface area contributed by atoms with E-state index in [0.29, 0.717) is 23.7 Å². The molecule has 3 nitrogen and oxygen atoms in total. The number of nitrogens with zero attached hydrogens (tertiary/aromatic N) is 1. The zero-order chi connectivity index (χ0) is 16.4. The average Bonchev–Trinajstić information content (AvgIpc) is 3.15. The van der Waals surface area contributed by atoms with Crippen molar-refractivity contribution in [3.63, 3.8) is 0 Å². The van der Waals surface area contributed by atoms with E-state index in [-0.39, 0.29) is 22.9 Å². The quantitative estimate of drug-likeness (QED) is 0.744. The summed E-state index contributed by atoms with van der Waals surface area (Å²) in [5.41, 5.74) is 3.64. The lowest BCUT2D eigenvalue weighted by molar-refractivity contribution is -0.156. The van der Waals surface area contributed by atoms with Gasteiger partial charge in [0.05, 0.1) is 11.5 Å². The standard InChI is InChI=1S/C21H27NO2/c1-11-9-22-10-13-4-3-12-7-16(23)14-5-6-21(18(12)14)19(24)15(11)8-17(22)20(13,21)2/h5,11,13,15-17,23H,3-4,6-10H2,1-2H3/t11-,13-,15+,16+,17-,20-,21+/m1/s1. The number of rotatable bonds is 0. The van der Waals surface area contributed by atoms with E-state index in [4.69, 9.17) is 0 Å². The molecule has 6 aliphatic rings. The fourth-order valence-electron chi connectivity index (χ4n) is 8.04. The maximum atomic E-state index is 14.0. The van der Waals surface area contributed by atoms with Crippen LogP contribution in [0.1, 0.15) is 46.0 Å². The summed E-state index contributed by atoms with van der Waals surface area (Å²) >= 11 is 0. The van der Waals surface area contributed by atoms with Crippen LogP contribution >= 0.6 is 0 Å². The molecule has 6 rings (SSSR count). The topological polar surface area (TPSA) is 40.5 Å². The molecule has 3 heteroatoms. The Hall–Kier alpha value is -0.930. The van der Waals surface area contributed by atoms with Gasteiger partial charge in [-0.25, -0.2) is 0 Å². The first-order valence-electron chi connectivity index (χ1n) is 9.88. The van der Waals surface area contributed by atoms with Gasteiger partial charge < -0.3 is 5.11 Å². The SMILES string of the molecule is C[C@@H]1CN2C[C@H]3CCC4=C5C(=CC[C@@]56C(=O)[C@H]1C[C@@H]2[C@@]36C)[C@@H](O)C4. The molecule has 128 valence electrons. The van der Waals surface area contributed by atoms with Gasteiger partial charge in [0.15, 0.2) is 0 Å². The monoisotopic (exact) mass is 325 g/mol. The van der Waals surface area contributed by atoms with E-state index in [1.54, 1.807) is 0 Å². The first-order valence-corrected chi connectivity index (χ1v) is 9.88. The van der Waals surface area contributed by atoms with Crippen molar-refractivity contribution in [2.45, 2.75) is 58.1 Å². The minimum Gasteiger partial charge on any atom is -0.388 e. The van der Waals surface area contributed by atoms with Crippen molar-refractivity contribution in [2.24, 2.45) is 28.6 Å². The van der Waals surface area contributed by atoms with Crippen LogP contribution in [0.2, 0.25) is 0 Å². The molecule has 2 aliphatic heterocycles. The molecule has 2 heterocycles. The molecule has 0 amide bonds. The lowest BCUT2D eigenvalue weighted by atomic mass is 9.45. The van der Waals surface area contributed by atoms with Crippen LogP contribution in [0.5, 0.6) is 0 Å². The highest BCUT2D eigenvalue weighted by Crippen LogP contribution is 2.72. The van der Waals surface area contributed by atoms with Gasteiger partial charge in [-0.15, -0.1) is 0 Å². The van der Waals surface area contributed by atoms with Crippen molar-refractivity contribution >= 4 is 5.78 Å². The van der Waals surface area contributed by atoms with E-state index < -0.39 is 0 Å². The molecular weight excluding hydrogens is 298 g/mol. The summed E-state index contributed by atoms with van der Waals surface area (Å²) in [4.78, 5) is 16.7. The predicted molar refractivity (Wildman–Crippen MR) is 91.3 cm³/mol. The van der Waals surface area contributed by atoms with Crippen LogP contribution < -0.4 is 0 Å². The molecule has 24 heavy (non-hydrogen) atoms. The normalized spacial score (nSPS) is 54.9. The molecule has 1 N–H and O–H groups in total. The molecule has 2 bridgehead atoms. The van der Waals surface area contributed by atoms with E-state index in [0.717, 1.165) is 37.8 Å². The molecule has 0 aromatic heterocycles. The molecule has 0 aromatic carbocycles. The van der Waals surface area contributed by atoms with Gasteiger partial charge in [-0.05, 0) is 55.1 Å². The number of fused-ring (bicyclic) bond motifs is 1. The highest BCUT2D eigenvalue weighted by Gasteiger charge is 2.73. The average molecular weight is 325 g/mol. The molecule has 1 spiro atoms. The van der Waals surface area contributed by atoms with Crippen molar-refractivity contribution in [2.75, 3.05) is 13.1 Å². The first-order chi connectivity index (χ1) is 11.5. The van der Waals surface area contributed by atoms with Gasteiger partial charge >= 0.3 is 0 Å². The second kappa shape index (κ2) is 4.07. The van der Waals surface area contributed by atoms with Crippen LogP contribution in [-0.2, 0) is 4.79 Å². The Morgan fingerprint density at radius 1 is 1.33 bits per heavy atom. The maximum Gasteiger partial charge on any atom is 0.147 e. The highest BCUT2D eigenvalue weighted by molar-refractivity contribution is 5.96. The second-order valence-corrected chi connectivity index (χ2v) is 9.64. The number of hydrogen-bond donors (Lipinski definition) is 1. The summed E-state index contributed by atoms with van der Waals surface area (Å²) in [6.07, 6.45) is 6.92. The minimum absolute atomic E-state index is 0.0696. The number of ketones is 1. The fraction of sp³-hybridized carbons (Fsp3) is 0.762. The molecule has 1 saturated carbocycles. The van der Waals surface area contributed by atoms with Crippen LogP contribution in [-0.4, -0.2) is 41.0 Å². The summed E-state index contributed by atoms with van der Waals surface area (Å²) in [5.74, 6) is 1.88. The van der Waals surface area contributed by atoms with Gasteiger partial charge in [-0.3, -0.25) is 9.69 Å².